The van der Waals surface area contributed by atoms with E-state index >= 15 is 0 Å². The van der Waals surface area contributed by atoms with E-state index in [4.69, 9.17) is 11.5 Å². The van der Waals surface area contributed by atoms with Crippen LogP contribution in [0.3, 0.4) is 0 Å². The molecular formula is C28H45N5O. The molecule has 34 heavy (non-hydrogen) atoms. The standard InChI is InChI=1S/C28H45N5O/c1-2-3-4-5-6-7-8-9-10-11-12-13-14-15-17-22-25-23-26(31-27(29)30)32-28(34)33(25)24-20-18-16-19-21-24/h16,18-21,23H,2-15,17,22H2,1H3,(H4,29,30,31,32,34). The zero-order valence-electron chi connectivity index (χ0n) is 21.2. The minimum Gasteiger partial charge on any atom is -0.370 e. The number of nitrogens with two attached hydrogens (primary N) is 2. The van der Waals surface area contributed by atoms with Gasteiger partial charge in [0.1, 0.15) is 0 Å². The van der Waals surface area contributed by atoms with E-state index in [0.717, 1.165) is 30.6 Å². The maximum Gasteiger partial charge on any atom is 0.354 e. The maximum absolute atomic E-state index is 12.7. The van der Waals surface area contributed by atoms with Crippen molar-refractivity contribution < 1.29 is 0 Å². The topological polar surface area (TPSA) is 99.3 Å². The minimum atomic E-state index is -0.357. The molecule has 6 nitrogen and oxygen atoms in total. The van der Waals surface area contributed by atoms with E-state index in [-0.39, 0.29) is 17.5 Å². The summed E-state index contributed by atoms with van der Waals surface area (Å²) in [6.45, 7) is 2.27. The molecule has 0 bridgehead atoms. The average Bonchev–Trinajstić information content (AvgIpc) is 2.81. The van der Waals surface area contributed by atoms with E-state index in [2.05, 4.69) is 16.9 Å². The Balaban J connectivity index is 1.69. The fourth-order valence-electron chi connectivity index (χ4n) is 4.42. The molecule has 0 atom stereocenters. The van der Waals surface area contributed by atoms with Crippen LogP contribution in [0.4, 0.5) is 5.82 Å². The van der Waals surface area contributed by atoms with Crippen molar-refractivity contribution in [2.75, 3.05) is 0 Å². The highest BCUT2D eigenvalue weighted by atomic mass is 16.1. The third kappa shape index (κ3) is 11.0. The van der Waals surface area contributed by atoms with Gasteiger partial charge >= 0.3 is 5.69 Å². The molecule has 1 heterocycles. The van der Waals surface area contributed by atoms with Crippen LogP contribution in [0.5, 0.6) is 0 Å². The molecule has 188 valence electrons. The number of para-hydroxylation sites is 1. The molecule has 0 spiro atoms. The van der Waals surface area contributed by atoms with Crippen LogP contribution in [0.25, 0.3) is 5.69 Å². The lowest BCUT2D eigenvalue weighted by atomic mass is 10.0. The number of guanidine groups is 1. The number of nitrogens with zero attached hydrogens (tertiary/aromatic N) is 3. The number of aryl methyl sites for hydroxylation is 1. The van der Waals surface area contributed by atoms with E-state index in [0.29, 0.717) is 0 Å². The smallest absolute Gasteiger partial charge is 0.354 e. The molecule has 0 saturated carbocycles. The molecule has 0 amide bonds. The molecule has 0 aliphatic heterocycles. The molecule has 0 unspecified atom stereocenters. The van der Waals surface area contributed by atoms with Gasteiger partial charge in [-0.05, 0) is 25.0 Å². The predicted octanol–water partition coefficient (Wildman–Crippen LogP) is 6.55. The minimum absolute atomic E-state index is 0.0951. The summed E-state index contributed by atoms with van der Waals surface area (Å²) in [6.07, 6.45) is 20.8. The second-order valence-electron chi connectivity index (χ2n) is 9.30. The summed E-state index contributed by atoms with van der Waals surface area (Å²) < 4.78 is 1.66. The second-order valence-corrected chi connectivity index (χ2v) is 9.30. The fourth-order valence-corrected chi connectivity index (χ4v) is 4.42. The average molecular weight is 468 g/mol. The summed E-state index contributed by atoms with van der Waals surface area (Å²) in [7, 11) is 0. The van der Waals surface area contributed by atoms with Gasteiger partial charge in [-0.2, -0.15) is 9.98 Å². The van der Waals surface area contributed by atoms with E-state index in [1.165, 1.54) is 83.5 Å². The van der Waals surface area contributed by atoms with E-state index in [1.807, 2.05) is 36.4 Å². The zero-order valence-corrected chi connectivity index (χ0v) is 21.2. The molecule has 0 saturated heterocycles. The van der Waals surface area contributed by atoms with Gasteiger partial charge in [-0.3, -0.25) is 4.57 Å². The first-order valence-corrected chi connectivity index (χ1v) is 13.4. The van der Waals surface area contributed by atoms with Crippen molar-refractivity contribution in [2.24, 2.45) is 16.5 Å². The van der Waals surface area contributed by atoms with Crippen LogP contribution in [0.15, 0.2) is 46.2 Å². The second kappa shape index (κ2) is 16.9. The molecular weight excluding hydrogens is 422 g/mol. The first kappa shape index (κ1) is 27.6. The Hall–Kier alpha value is -2.63. The summed E-state index contributed by atoms with van der Waals surface area (Å²) in [6, 6.07) is 11.4. The van der Waals surface area contributed by atoms with Gasteiger partial charge in [0, 0.05) is 11.8 Å². The van der Waals surface area contributed by atoms with Crippen molar-refractivity contribution >= 4 is 11.8 Å². The summed E-state index contributed by atoms with van der Waals surface area (Å²) in [5.41, 5.74) is 12.3. The Labute approximate surface area is 205 Å². The summed E-state index contributed by atoms with van der Waals surface area (Å²) in [5, 5.41) is 0. The number of hydrogen-bond acceptors (Lipinski definition) is 3. The zero-order chi connectivity index (χ0) is 24.4. The van der Waals surface area contributed by atoms with Gasteiger partial charge in [0.2, 0.25) is 0 Å². The third-order valence-corrected chi connectivity index (χ3v) is 6.28. The monoisotopic (exact) mass is 467 g/mol. The van der Waals surface area contributed by atoms with Gasteiger partial charge in [-0.1, -0.05) is 115 Å². The van der Waals surface area contributed by atoms with E-state index in [1.54, 1.807) is 4.57 Å². The summed E-state index contributed by atoms with van der Waals surface area (Å²) in [5.74, 6) is 0.176. The molecule has 2 rings (SSSR count). The number of aliphatic imine (C=N–C) groups is 1. The van der Waals surface area contributed by atoms with Crippen molar-refractivity contribution in [1.29, 1.82) is 0 Å². The highest BCUT2D eigenvalue weighted by Crippen LogP contribution is 2.17. The highest BCUT2D eigenvalue weighted by molar-refractivity contribution is 5.78. The molecule has 2 aromatic rings. The van der Waals surface area contributed by atoms with Crippen LogP contribution < -0.4 is 17.2 Å². The predicted molar refractivity (Wildman–Crippen MR) is 144 cm³/mol. The van der Waals surface area contributed by atoms with Crippen molar-refractivity contribution in [1.82, 2.24) is 9.55 Å². The van der Waals surface area contributed by atoms with E-state index < -0.39 is 0 Å². The van der Waals surface area contributed by atoms with Gasteiger partial charge in [0.05, 0.1) is 5.69 Å². The van der Waals surface area contributed by atoms with Crippen LogP contribution in [0.1, 0.15) is 109 Å². The quantitative estimate of drug-likeness (QED) is 0.147. The fraction of sp³-hybridized carbons (Fsp3) is 0.607. The van der Waals surface area contributed by atoms with Crippen molar-refractivity contribution in [3.8, 4) is 5.69 Å². The molecule has 4 N–H and O–H groups in total. The molecule has 0 aliphatic carbocycles. The van der Waals surface area contributed by atoms with Crippen molar-refractivity contribution in [3.63, 3.8) is 0 Å². The molecule has 0 radical (unpaired) electrons. The lowest BCUT2D eigenvalue weighted by Gasteiger charge is -2.13. The molecule has 1 aromatic carbocycles. The maximum atomic E-state index is 12.7. The SMILES string of the molecule is CCCCCCCCCCCCCCCCCc1cc(N=C(N)N)nc(=O)n1-c1ccccc1. The lowest BCUT2D eigenvalue weighted by molar-refractivity contribution is 0.531. The van der Waals surface area contributed by atoms with Crippen LogP contribution >= 0.6 is 0 Å². The van der Waals surface area contributed by atoms with Crippen molar-refractivity contribution in [2.45, 2.75) is 110 Å². The number of hydrogen-bond donors (Lipinski definition) is 2. The van der Waals surface area contributed by atoms with Crippen LogP contribution in [0, 0.1) is 0 Å². The van der Waals surface area contributed by atoms with Gasteiger partial charge < -0.3 is 11.5 Å². The van der Waals surface area contributed by atoms with E-state index in [9.17, 15) is 4.79 Å². The van der Waals surface area contributed by atoms with Crippen molar-refractivity contribution in [3.05, 3.63) is 52.6 Å². The van der Waals surface area contributed by atoms with Crippen LogP contribution in [-0.4, -0.2) is 15.5 Å². The Morgan fingerprint density at radius 1 is 0.794 bits per heavy atom. The summed E-state index contributed by atoms with van der Waals surface area (Å²) >= 11 is 0. The molecule has 0 fully saturated rings. The van der Waals surface area contributed by atoms with Gasteiger partial charge in [0.25, 0.3) is 0 Å². The lowest BCUT2D eigenvalue weighted by Crippen LogP contribution is -2.26. The molecule has 1 aromatic heterocycles. The van der Waals surface area contributed by atoms with Crippen LogP contribution in [-0.2, 0) is 6.42 Å². The van der Waals surface area contributed by atoms with Gasteiger partial charge in [-0.25, -0.2) is 4.79 Å². The summed E-state index contributed by atoms with van der Waals surface area (Å²) in [4.78, 5) is 20.7. The number of benzene rings is 1. The van der Waals surface area contributed by atoms with Crippen LogP contribution in [0.2, 0.25) is 0 Å². The largest absolute Gasteiger partial charge is 0.370 e. The first-order chi connectivity index (χ1) is 16.6. The Bertz CT molecular complexity index is 887. The Morgan fingerprint density at radius 2 is 1.29 bits per heavy atom. The highest BCUT2D eigenvalue weighted by Gasteiger charge is 2.10. The normalized spacial score (nSPS) is 11.0. The number of aromatic nitrogens is 2. The molecule has 6 heteroatoms. The Kier molecular flexibility index (Phi) is 13.7. The Morgan fingerprint density at radius 3 is 1.79 bits per heavy atom. The van der Waals surface area contributed by atoms with Gasteiger partial charge in [-0.15, -0.1) is 0 Å². The third-order valence-electron chi connectivity index (χ3n) is 6.28. The number of rotatable bonds is 18. The van der Waals surface area contributed by atoms with Gasteiger partial charge in [0.15, 0.2) is 11.8 Å². The first-order valence-electron chi connectivity index (χ1n) is 13.4. The molecule has 0 aliphatic rings. The number of unbranched alkanes of at least 4 members (excludes halogenated alkanes) is 14.